The first kappa shape index (κ1) is 12.6. The van der Waals surface area contributed by atoms with Crippen LogP contribution in [0.15, 0.2) is 36.8 Å². The van der Waals surface area contributed by atoms with Crippen molar-refractivity contribution in [2.75, 3.05) is 0 Å². The molecular formula is C18H18N2O. The SMILES string of the molecule is O=C(/C=c1/c2ccccc2c2cncn12)C1CCCCC1. The summed E-state index contributed by atoms with van der Waals surface area (Å²) in [4.78, 5) is 16.8. The fraction of sp³-hybridized carbons (Fsp3) is 0.333. The molecule has 0 spiro atoms. The summed E-state index contributed by atoms with van der Waals surface area (Å²) in [5.41, 5.74) is 1.08. The summed E-state index contributed by atoms with van der Waals surface area (Å²) in [5, 5.41) is 3.28. The van der Waals surface area contributed by atoms with Crippen molar-refractivity contribution in [2.45, 2.75) is 32.1 Å². The molecule has 1 fully saturated rings. The number of rotatable bonds is 2. The van der Waals surface area contributed by atoms with E-state index in [4.69, 9.17) is 0 Å². The van der Waals surface area contributed by atoms with Crippen molar-refractivity contribution in [1.29, 1.82) is 0 Å². The zero-order valence-corrected chi connectivity index (χ0v) is 12.0. The molecule has 0 N–H and O–H groups in total. The number of hydrogen-bond donors (Lipinski definition) is 0. The maximum absolute atomic E-state index is 12.6. The van der Waals surface area contributed by atoms with E-state index in [1.54, 1.807) is 6.33 Å². The third kappa shape index (κ3) is 2.04. The molecule has 0 aliphatic heterocycles. The molecule has 1 aliphatic carbocycles. The highest BCUT2D eigenvalue weighted by Crippen LogP contribution is 2.25. The molecule has 0 atom stereocenters. The smallest absolute Gasteiger partial charge is 0.160 e. The maximum Gasteiger partial charge on any atom is 0.160 e. The Labute approximate surface area is 123 Å². The van der Waals surface area contributed by atoms with Gasteiger partial charge in [0.25, 0.3) is 0 Å². The summed E-state index contributed by atoms with van der Waals surface area (Å²) in [5.74, 6) is 0.493. The molecule has 0 unspecified atom stereocenters. The van der Waals surface area contributed by atoms with Gasteiger partial charge in [-0.25, -0.2) is 4.98 Å². The highest BCUT2D eigenvalue weighted by atomic mass is 16.1. The molecule has 3 aromatic rings. The molecule has 0 saturated heterocycles. The number of carbonyl (C=O) groups excluding carboxylic acids is 1. The van der Waals surface area contributed by atoms with Gasteiger partial charge in [-0.05, 0) is 12.8 Å². The second-order valence-corrected chi connectivity index (χ2v) is 5.96. The van der Waals surface area contributed by atoms with Crippen LogP contribution in [0.25, 0.3) is 22.4 Å². The third-order valence-corrected chi connectivity index (χ3v) is 4.66. The molecule has 4 rings (SSSR count). The van der Waals surface area contributed by atoms with Crippen LogP contribution in [0.5, 0.6) is 0 Å². The van der Waals surface area contributed by atoms with Crippen molar-refractivity contribution < 1.29 is 4.79 Å². The van der Waals surface area contributed by atoms with Crippen LogP contribution in [0.4, 0.5) is 0 Å². The van der Waals surface area contributed by atoms with E-state index in [0.717, 1.165) is 34.5 Å². The summed E-state index contributed by atoms with van der Waals surface area (Å²) in [6.45, 7) is 0. The normalized spacial score (nSPS) is 17.8. The predicted octanol–water partition coefficient (Wildman–Crippen LogP) is 3.14. The molecule has 2 heterocycles. The van der Waals surface area contributed by atoms with E-state index >= 15 is 0 Å². The summed E-state index contributed by atoms with van der Waals surface area (Å²) in [6, 6.07) is 8.23. The summed E-state index contributed by atoms with van der Waals surface area (Å²) in [6.07, 6.45) is 11.2. The number of ketones is 1. The van der Waals surface area contributed by atoms with Crippen molar-refractivity contribution in [3.05, 3.63) is 42.1 Å². The second kappa shape index (κ2) is 4.99. The van der Waals surface area contributed by atoms with E-state index in [-0.39, 0.29) is 11.7 Å². The van der Waals surface area contributed by atoms with Crippen LogP contribution < -0.4 is 5.35 Å². The quantitative estimate of drug-likeness (QED) is 0.721. The van der Waals surface area contributed by atoms with Crippen molar-refractivity contribution >= 4 is 28.1 Å². The maximum atomic E-state index is 12.6. The Bertz CT molecular complexity index is 856. The molecule has 1 aromatic carbocycles. The number of Topliss-reactive ketones (excluding diaryl/α,β-unsaturated/α-hetero) is 1. The van der Waals surface area contributed by atoms with Crippen molar-refractivity contribution in [3.63, 3.8) is 0 Å². The van der Waals surface area contributed by atoms with Gasteiger partial charge >= 0.3 is 0 Å². The monoisotopic (exact) mass is 278 g/mol. The van der Waals surface area contributed by atoms with Gasteiger partial charge in [-0.3, -0.25) is 9.20 Å². The minimum absolute atomic E-state index is 0.214. The van der Waals surface area contributed by atoms with E-state index in [0.29, 0.717) is 0 Å². The van der Waals surface area contributed by atoms with E-state index in [1.165, 1.54) is 19.3 Å². The van der Waals surface area contributed by atoms with Crippen LogP contribution in [0, 0.1) is 5.92 Å². The molecule has 0 radical (unpaired) electrons. The van der Waals surface area contributed by atoms with E-state index in [9.17, 15) is 4.79 Å². The zero-order chi connectivity index (χ0) is 14.2. The Morgan fingerprint density at radius 2 is 1.90 bits per heavy atom. The lowest BCUT2D eigenvalue weighted by atomic mass is 9.86. The zero-order valence-electron chi connectivity index (χ0n) is 12.0. The van der Waals surface area contributed by atoms with Gasteiger partial charge in [-0.1, -0.05) is 43.5 Å². The summed E-state index contributed by atoms with van der Waals surface area (Å²) < 4.78 is 2.03. The number of nitrogens with zero attached hydrogens (tertiary/aromatic N) is 2. The Kier molecular flexibility index (Phi) is 2.99. The highest BCUT2D eigenvalue weighted by Gasteiger charge is 2.19. The van der Waals surface area contributed by atoms with Crippen LogP contribution in [0.3, 0.4) is 0 Å². The van der Waals surface area contributed by atoms with Gasteiger partial charge in [0.1, 0.15) is 0 Å². The number of aromatic nitrogens is 2. The van der Waals surface area contributed by atoms with Crippen molar-refractivity contribution in [2.24, 2.45) is 5.92 Å². The molecule has 0 bridgehead atoms. The van der Waals surface area contributed by atoms with E-state index in [2.05, 4.69) is 17.1 Å². The molecule has 3 nitrogen and oxygen atoms in total. The van der Waals surface area contributed by atoms with Crippen molar-refractivity contribution in [1.82, 2.24) is 9.38 Å². The predicted molar refractivity (Wildman–Crippen MR) is 84.0 cm³/mol. The van der Waals surface area contributed by atoms with Crippen LogP contribution in [0.2, 0.25) is 0 Å². The fourth-order valence-electron chi connectivity index (χ4n) is 3.53. The van der Waals surface area contributed by atoms with Crippen LogP contribution in [0.1, 0.15) is 32.1 Å². The minimum atomic E-state index is 0.214. The van der Waals surface area contributed by atoms with Crippen molar-refractivity contribution in [3.8, 4) is 0 Å². The minimum Gasteiger partial charge on any atom is -0.298 e. The molecule has 1 saturated carbocycles. The molecule has 1 aliphatic rings. The summed E-state index contributed by atoms with van der Waals surface area (Å²) >= 11 is 0. The first-order valence-corrected chi connectivity index (χ1v) is 7.72. The van der Waals surface area contributed by atoms with Crippen LogP contribution >= 0.6 is 0 Å². The molecule has 0 amide bonds. The third-order valence-electron chi connectivity index (χ3n) is 4.66. The molecular weight excluding hydrogens is 260 g/mol. The van der Waals surface area contributed by atoms with Gasteiger partial charge in [0.2, 0.25) is 0 Å². The molecule has 21 heavy (non-hydrogen) atoms. The molecule has 106 valence electrons. The molecule has 2 aromatic heterocycles. The van der Waals surface area contributed by atoms with E-state index < -0.39 is 0 Å². The van der Waals surface area contributed by atoms with Gasteiger partial charge in [0.15, 0.2) is 5.78 Å². The fourth-order valence-corrected chi connectivity index (χ4v) is 3.53. The van der Waals surface area contributed by atoms with Gasteiger partial charge in [-0.15, -0.1) is 0 Å². The number of imidazole rings is 1. The standard InChI is InChI=1S/C18H18N2O/c21-18(13-6-2-1-3-7-13)10-16-14-8-4-5-9-15(14)17-11-19-12-20(16)17/h4-5,8-13H,1-3,6-7H2/b16-10-. The lowest BCUT2D eigenvalue weighted by Gasteiger charge is -2.18. The lowest BCUT2D eigenvalue weighted by Crippen LogP contribution is -2.19. The Hall–Kier alpha value is -2.16. The number of hydrogen-bond acceptors (Lipinski definition) is 2. The van der Waals surface area contributed by atoms with Gasteiger partial charge in [0.05, 0.1) is 23.4 Å². The highest BCUT2D eigenvalue weighted by molar-refractivity contribution is 6.10. The van der Waals surface area contributed by atoms with Gasteiger partial charge < -0.3 is 0 Å². The average molecular weight is 278 g/mol. The Morgan fingerprint density at radius 3 is 2.71 bits per heavy atom. The van der Waals surface area contributed by atoms with Gasteiger partial charge in [-0.2, -0.15) is 0 Å². The number of benzene rings is 1. The number of carbonyl (C=O) groups is 1. The number of fused-ring (bicyclic) bond motifs is 3. The van der Waals surface area contributed by atoms with Crippen LogP contribution in [-0.4, -0.2) is 15.2 Å². The average Bonchev–Trinajstić information content (AvgIpc) is 3.11. The van der Waals surface area contributed by atoms with Gasteiger partial charge in [0, 0.05) is 22.8 Å². The Morgan fingerprint density at radius 1 is 1.14 bits per heavy atom. The summed E-state index contributed by atoms with van der Waals surface area (Å²) in [7, 11) is 0. The first-order valence-electron chi connectivity index (χ1n) is 7.72. The molecule has 3 heteroatoms. The topological polar surface area (TPSA) is 34.4 Å². The lowest BCUT2D eigenvalue weighted by molar-refractivity contribution is -0.117. The van der Waals surface area contributed by atoms with Crippen LogP contribution in [-0.2, 0) is 4.79 Å². The largest absolute Gasteiger partial charge is 0.298 e. The Balaban J connectivity index is 1.89. The first-order chi connectivity index (χ1) is 10.3. The van der Waals surface area contributed by atoms with E-state index in [1.807, 2.05) is 28.8 Å². The second-order valence-electron chi connectivity index (χ2n) is 5.96.